The lowest BCUT2D eigenvalue weighted by atomic mass is 10.2. The fourth-order valence-electron chi connectivity index (χ4n) is 3.80. The van der Waals surface area contributed by atoms with Crippen LogP contribution in [-0.4, -0.2) is 68.2 Å². The zero-order valence-corrected chi connectivity index (χ0v) is 16.3. The molecule has 0 aromatic carbocycles. The van der Waals surface area contributed by atoms with Gasteiger partial charge in [0.2, 0.25) is 0 Å². The molecule has 2 aromatic rings. The van der Waals surface area contributed by atoms with Crippen LogP contribution < -0.4 is 0 Å². The fourth-order valence-corrected chi connectivity index (χ4v) is 4.68. The maximum atomic E-state index is 14.1. The zero-order valence-electron chi connectivity index (χ0n) is 15.5. The van der Waals surface area contributed by atoms with Crippen LogP contribution in [0.25, 0.3) is 0 Å². The molecule has 2 aromatic heterocycles. The van der Waals surface area contributed by atoms with Gasteiger partial charge in [0.05, 0.1) is 30.2 Å². The van der Waals surface area contributed by atoms with Crippen LogP contribution in [0.5, 0.6) is 0 Å². The minimum Gasteiger partial charge on any atom is -0.337 e. The van der Waals surface area contributed by atoms with Crippen molar-refractivity contribution in [3.05, 3.63) is 33.8 Å². The lowest BCUT2D eigenvalue weighted by Crippen LogP contribution is -2.38. The average Bonchev–Trinajstić information content (AvgIpc) is 3.41. The Bertz CT molecular complexity index is 890. The van der Waals surface area contributed by atoms with Crippen molar-refractivity contribution in [3.8, 4) is 0 Å². The summed E-state index contributed by atoms with van der Waals surface area (Å²) in [6, 6.07) is 1.09. The Kier molecular flexibility index (Phi) is 4.90. The van der Waals surface area contributed by atoms with Crippen LogP contribution in [0.15, 0.2) is 17.6 Å². The van der Waals surface area contributed by atoms with Crippen molar-refractivity contribution in [2.24, 2.45) is 0 Å². The van der Waals surface area contributed by atoms with E-state index in [1.54, 1.807) is 23.3 Å². The molecule has 28 heavy (non-hydrogen) atoms. The van der Waals surface area contributed by atoms with Crippen molar-refractivity contribution in [2.75, 3.05) is 19.6 Å². The van der Waals surface area contributed by atoms with Crippen molar-refractivity contribution < 1.29 is 18.4 Å². The molecular weight excluding hydrogens is 388 g/mol. The number of nitrogens with zero attached hydrogens (tertiary/aromatic N) is 5. The molecule has 10 heteroatoms. The van der Waals surface area contributed by atoms with Gasteiger partial charge in [-0.3, -0.25) is 9.59 Å². The predicted molar refractivity (Wildman–Crippen MR) is 98.6 cm³/mol. The second-order valence-electron chi connectivity index (χ2n) is 7.40. The summed E-state index contributed by atoms with van der Waals surface area (Å²) >= 11 is 1.25. The normalized spacial score (nSPS) is 21.5. The smallest absolute Gasteiger partial charge is 0.276 e. The van der Waals surface area contributed by atoms with E-state index in [4.69, 9.17) is 0 Å². The fraction of sp³-hybridized carbons (Fsp3) is 0.556. The summed E-state index contributed by atoms with van der Waals surface area (Å²) < 4.78 is 29.6. The van der Waals surface area contributed by atoms with E-state index >= 15 is 0 Å². The standard InChI is InChI=1S/C18H21F2N5O2S/c1-12-4-7-28-15(12)17(27)25-11-18(19,20)8-13(25)9-24-10-14(21-22-24)16(26)23-5-2-3-6-23/h4,7,10,13H,2-3,5-6,8-9,11H2,1H3/t13-/m0/s1. The minimum atomic E-state index is -2.94. The Labute approximate surface area is 164 Å². The number of rotatable bonds is 4. The first kappa shape index (κ1) is 19.0. The van der Waals surface area contributed by atoms with Gasteiger partial charge in [-0.15, -0.1) is 16.4 Å². The molecule has 4 heterocycles. The monoisotopic (exact) mass is 409 g/mol. The second kappa shape index (κ2) is 7.23. The van der Waals surface area contributed by atoms with Gasteiger partial charge in [0.25, 0.3) is 17.7 Å². The zero-order chi connectivity index (χ0) is 19.9. The summed E-state index contributed by atoms with van der Waals surface area (Å²) in [6.07, 6.45) is 2.99. The number of halogens is 2. The Morgan fingerprint density at radius 2 is 2.04 bits per heavy atom. The van der Waals surface area contributed by atoms with Crippen molar-refractivity contribution in [2.45, 2.75) is 44.7 Å². The molecule has 0 saturated carbocycles. The summed E-state index contributed by atoms with van der Waals surface area (Å²) in [4.78, 5) is 28.6. The summed E-state index contributed by atoms with van der Waals surface area (Å²) in [5, 5.41) is 9.62. The summed E-state index contributed by atoms with van der Waals surface area (Å²) in [5.74, 6) is -3.52. The minimum absolute atomic E-state index is 0.0754. The molecule has 2 fully saturated rings. The number of alkyl halides is 2. The highest BCUT2D eigenvalue weighted by Gasteiger charge is 2.47. The van der Waals surface area contributed by atoms with Gasteiger partial charge in [0.1, 0.15) is 0 Å². The maximum absolute atomic E-state index is 14.1. The second-order valence-corrected chi connectivity index (χ2v) is 8.32. The first-order chi connectivity index (χ1) is 13.3. The third-order valence-electron chi connectivity index (χ3n) is 5.24. The molecule has 1 atom stereocenters. The van der Waals surface area contributed by atoms with E-state index in [9.17, 15) is 18.4 Å². The lowest BCUT2D eigenvalue weighted by Gasteiger charge is -2.23. The number of hydrogen-bond acceptors (Lipinski definition) is 5. The van der Waals surface area contributed by atoms with Crippen LogP contribution in [0.4, 0.5) is 8.78 Å². The van der Waals surface area contributed by atoms with Gasteiger partial charge in [-0.05, 0) is 36.8 Å². The first-order valence-electron chi connectivity index (χ1n) is 9.26. The topological polar surface area (TPSA) is 71.3 Å². The van der Waals surface area contributed by atoms with Crippen LogP contribution in [0.1, 0.15) is 45.0 Å². The Hall–Kier alpha value is -2.36. The van der Waals surface area contributed by atoms with E-state index in [0.29, 0.717) is 18.0 Å². The molecule has 0 spiro atoms. The number of amides is 2. The highest BCUT2D eigenvalue weighted by molar-refractivity contribution is 7.12. The molecular formula is C18H21F2N5O2S. The third-order valence-corrected chi connectivity index (χ3v) is 6.25. The third kappa shape index (κ3) is 3.65. The van der Waals surface area contributed by atoms with Crippen molar-refractivity contribution in [1.29, 1.82) is 0 Å². The van der Waals surface area contributed by atoms with Crippen molar-refractivity contribution in [3.63, 3.8) is 0 Å². The Balaban J connectivity index is 1.50. The number of aryl methyl sites for hydroxylation is 1. The average molecular weight is 409 g/mol. The Morgan fingerprint density at radius 3 is 2.71 bits per heavy atom. The van der Waals surface area contributed by atoms with Gasteiger partial charge in [0, 0.05) is 19.5 Å². The molecule has 4 rings (SSSR count). The number of aromatic nitrogens is 3. The Morgan fingerprint density at radius 1 is 1.29 bits per heavy atom. The molecule has 0 aliphatic carbocycles. The number of carbonyl (C=O) groups excluding carboxylic acids is 2. The van der Waals surface area contributed by atoms with E-state index < -0.39 is 24.9 Å². The van der Waals surface area contributed by atoms with Crippen molar-refractivity contribution >= 4 is 23.2 Å². The molecule has 0 N–H and O–H groups in total. The van der Waals surface area contributed by atoms with Crippen molar-refractivity contribution in [1.82, 2.24) is 24.8 Å². The molecule has 2 aliphatic rings. The number of likely N-dealkylation sites (tertiary alicyclic amines) is 2. The van der Waals surface area contributed by atoms with E-state index in [1.807, 2.05) is 0 Å². The van der Waals surface area contributed by atoms with Gasteiger partial charge in [-0.25, -0.2) is 13.5 Å². The predicted octanol–water partition coefficient (Wildman–Crippen LogP) is 2.43. The number of thiophene rings is 1. The molecule has 2 aliphatic heterocycles. The SMILES string of the molecule is Cc1ccsc1C(=O)N1CC(F)(F)C[C@H]1Cn1cc(C(=O)N2CCCC2)nn1. The molecule has 7 nitrogen and oxygen atoms in total. The van der Waals surface area contributed by atoms with Gasteiger partial charge in [0.15, 0.2) is 5.69 Å². The van der Waals surface area contributed by atoms with Gasteiger partial charge < -0.3 is 9.80 Å². The quantitative estimate of drug-likeness (QED) is 0.778. The van der Waals surface area contributed by atoms with Gasteiger partial charge in [-0.2, -0.15) is 0 Å². The van der Waals surface area contributed by atoms with E-state index in [0.717, 1.165) is 18.4 Å². The summed E-state index contributed by atoms with van der Waals surface area (Å²) in [5.41, 5.74) is 0.988. The largest absolute Gasteiger partial charge is 0.337 e. The van der Waals surface area contributed by atoms with Gasteiger partial charge in [-0.1, -0.05) is 5.21 Å². The molecule has 0 radical (unpaired) electrons. The number of hydrogen-bond donors (Lipinski definition) is 0. The summed E-state index contributed by atoms with van der Waals surface area (Å²) in [6.45, 7) is 2.65. The molecule has 0 bridgehead atoms. The van der Waals surface area contributed by atoms with E-state index in [-0.39, 0.29) is 24.1 Å². The van der Waals surface area contributed by atoms with Crippen LogP contribution in [0.2, 0.25) is 0 Å². The highest BCUT2D eigenvalue weighted by Crippen LogP contribution is 2.34. The maximum Gasteiger partial charge on any atom is 0.276 e. The van der Waals surface area contributed by atoms with Crippen LogP contribution in [-0.2, 0) is 6.54 Å². The molecule has 2 saturated heterocycles. The van der Waals surface area contributed by atoms with Crippen LogP contribution in [0, 0.1) is 6.92 Å². The summed E-state index contributed by atoms with van der Waals surface area (Å²) in [7, 11) is 0. The van der Waals surface area contributed by atoms with Crippen LogP contribution >= 0.6 is 11.3 Å². The number of carbonyl (C=O) groups is 2. The molecule has 2 amide bonds. The van der Waals surface area contributed by atoms with Gasteiger partial charge >= 0.3 is 0 Å². The first-order valence-corrected chi connectivity index (χ1v) is 10.1. The molecule has 0 unspecified atom stereocenters. The lowest BCUT2D eigenvalue weighted by molar-refractivity contribution is 0.0118. The van der Waals surface area contributed by atoms with Crippen LogP contribution in [0.3, 0.4) is 0 Å². The molecule has 150 valence electrons. The highest BCUT2D eigenvalue weighted by atomic mass is 32.1. The van der Waals surface area contributed by atoms with E-state index in [2.05, 4.69) is 10.3 Å². The van der Waals surface area contributed by atoms with E-state index in [1.165, 1.54) is 27.1 Å².